The van der Waals surface area contributed by atoms with Crippen LogP contribution < -0.4 is 10.9 Å². The number of hydrogen-bond acceptors (Lipinski definition) is 3. The van der Waals surface area contributed by atoms with Crippen molar-refractivity contribution in [3.63, 3.8) is 0 Å². The molecular formula is C22H17F3N4O2. The third-order valence-electron chi connectivity index (χ3n) is 4.87. The van der Waals surface area contributed by atoms with Crippen molar-refractivity contribution in [3.05, 3.63) is 88.1 Å². The predicted octanol–water partition coefficient (Wildman–Crippen LogP) is 3.82. The molecule has 6 nitrogen and oxygen atoms in total. The topological polar surface area (TPSA) is 79.8 Å². The van der Waals surface area contributed by atoms with Crippen LogP contribution in [0.5, 0.6) is 0 Å². The summed E-state index contributed by atoms with van der Waals surface area (Å²) >= 11 is 0. The lowest BCUT2D eigenvalue weighted by Crippen LogP contribution is -2.21. The molecule has 2 aromatic carbocycles. The van der Waals surface area contributed by atoms with Crippen molar-refractivity contribution in [3.8, 4) is 11.1 Å². The van der Waals surface area contributed by atoms with Crippen LogP contribution in [0.3, 0.4) is 0 Å². The number of fused-ring (bicyclic) bond motifs is 1. The minimum atomic E-state index is -4.60. The number of hydrogen-bond donors (Lipinski definition) is 2. The van der Waals surface area contributed by atoms with Gasteiger partial charge in [0, 0.05) is 33.8 Å². The predicted molar refractivity (Wildman–Crippen MR) is 110 cm³/mol. The van der Waals surface area contributed by atoms with E-state index in [-0.39, 0.29) is 28.8 Å². The molecule has 31 heavy (non-hydrogen) atoms. The molecule has 2 N–H and O–H groups in total. The van der Waals surface area contributed by atoms with Gasteiger partial charge in [0.1, 0.15) is 5.69 Å². The molecule has 0 fully saturated rings. The van der Waals surface area contributed by atoms with Gasteiger partial charge in [0.25, 0.3) is 11.5 Å². The molecule has 0 saturated carbocycles. The number of halogens is 3. The highest BCUT2D eigenvalue weighted by atomic mass is 19.4. The number of carbonyl (C=O) groups excluding carboxylic acids is 1. The number of H-pyrrole nitrogens is 1. The van der Waals surface area contributed by atoms with Gasteiger partial charge in [0.05, 0.1) is 12.7 Å². The largest absolute Gasteiger partial charge is 0.433 e. The van der Waals surface area contributed by atoms with E-state index in [1.165, 1.54) is 41.1 Å². The maximum absolute atomic E-state index is 13.2. The fourth-order valence-corrected chi connectivity index (χ4v) is 3.38. The van der Waals surface area contributed by atoms with E-state index in [1.54, 1.807) is 18.2 Å². The van der Waals surface area contributed by atoms with E-state index in [9.17, 15) is 22.8 Å². The van der Waals surface area contributed by atoms with Crippen molar-refractivity contribution < 1.29 is 22.1 Å². The number of aromatic amines is 1. The molecule has 0 radical (unpaired) electrons. The number of rotatable bonds is 4. The molecule has 4 aromatic rings. The van der Waals surface area contributed by atoms with Gasteiger partial charge < -0.3 is 9.88 Å². The molecule has 1 amide bonds. The third-order valence-corrected chi connectivity index (χ3v) is 4.87. The van der Waals surface area contributed by atoms with Crippen LogP contribution in [0.2, 0.25) is 0 Å². The van der Waals surface area contributed by atoms with Crippen LogP contribution in [-0.4, -0.2) is 27.6 Å². The Labute approximate surface area is 178 Å². The standard InChI is InChI=1S/C22H17F3N4O2/c1-26-20(30)16-4-2-3-13(9-16)12-29-8-7-15-10-14(5-6-17(15)21(29)31)18-11-27-28-19(18)22(23,24)25/h2-11H,12H2,1H3,(H,26,30)(H,27,28)/i1D3. The van der Waals surface area contributed by atoms with Gasteiger partial charge in [-0.3, -0.25) is 14.7 Å². The van der Waals surface area contributed by atoms with Gasteiger partial charge in [-0.15, -0.1) is 0 Å². The molecule has 0 aliphatic carbocycles. The van der Waals surface area contributed by atoms with Gasteiger partial charge in [-0.25, -0.2) is 0 Å². The average molecular weight is 429 g/mol. The maximum atomic E-state index is 13.2. The van der Waals surface area contributed by atoms with Crippen LogP contribution in [0.15, 0.2) is 65.7 Å². The summed E-state index contributed by atoms with van der Waals surface area (Å²) in [7, 11) is 0. The first-order valence-corrected chi connectivity index (χ1v) is 9.08. The third kappa shape index (κ3) is 3.94. The quantitative estimate of drug-likeness (QED) is 0.518. The summed E-state index contributed by atoms with van der Waals surface area (Å²) in [5, 5.41) is 8.13. The lowest BCUT2D eigenvalue weighted by molar-refractivity contribution is -0.140. The second-order valence-electron chi connectivity index (χ2n) is 6.86. The lowest BCUT2D eigenvalue weighted by Gasteiger charge is -2.10. The number of carbonyl (C=O) groups is 1. The molecule has 0 saturated heterocycles. The van der Waals surface area contributed by atoms with Gasteiger partial charge in [0.2, 0.25) is 0 Å². The summed E-state index contributed by atoms with van der Waals surface area (Å²) in [6, 6.07) is 12.2. The van der Waals surface area contributed by atoms with E-state index in [4.69, 9.17) is 4.11 Å². The Morgan fingerprint density at radius 2 is 2.06 bits per heavy atom. The van der Waals surface area contributed by atoms with E-state index in [1.807, 2.05) is 10.4 Å². The van der Waals surface area contributed by atoms with Crippen LogP contribution in [0.4, 0.5) is 13.2 Å². The number of nitrogens with one attached hydrogen (secondary N) is 2. The summed E-state index contributed by atoms with van der Waals surface area (Å²) in [6.45, 7) is -2.52. The van der Waals surface area contributed by atoms with Crippen molar-refractivity contribution in [2.45, 2.75) is 12.7 Å². The zero-order valence-corrected chi connectivity index (χ0v) is 15.8. The van der Waals surface area contributed by atoms with E-state index in [0.717, 1.165) is 6.20 Å². The summed E-state index contributed by atoms with van der Waals surface area (Å²) in [4.78, 5) is 25.1. The van der Waals surface area contributed by atoms with E-state index >= 15 is 0 Å². The minimum Gasteiger partial charge on any atom is -0.355 e. The van der Waals surface area contributed by atoms with Crippen LogP contribution in [0, 0.1) is 0 Å². The molecule has 0 aliphatic rings. The van der Waals surface area contributed by atoms with Crippen molar-refractivity contribution in [2.24, 2.45) is 0 Å². The van der Waals surface area contributed by atoms with Crippen molar-refractivity contribution >= 4 is 16.7 Å². The molecule has 0 spiro atoms. The van der Waals surface area contributed by atoms with Crippen LogP contribution in [-0.2, 0) is 12.7 Å². The van der Waals surface area contributed by atoms with Gasteiger partial charge >= 0.3 is 6.18 Å². The minimum absolute atomic E-state index is 0.103. The van der Waals surface area contributed by atoms with Crippen molar-refractivity contribution in [1.29, 1.82) is 0 Å². The lowest BCUT2D eigenvalue weighted by atomic mass is 10.0. The molecule has 9 heteroatoms. The normalized spacial score (nSPS) is 13.5. The van der Waals surface area contributed by atoms with E-state index in [0.29, 0.717) is 16.3 Å². The summed E-state index contributed by atoms with van der Waals surface area (Å²) in [6.07, 6.45) is -2.01. The highest BCUT2D eigenvalue weighted by Gasteiger charge is 2.35. The Balaban J connectivity index is 1.64. The van der Waals surface area contributed by atoms with Gasteiger partial charge in [0.15, 0.2) is 0 Å². The maximum Gasteiger partial charge on any atom is 0.433 e. The van der Waals surface area contributed by atoms with Gasteiger partial charge in [-0.05, 0) is 46.8 Å². The molecule has 158 valence electrons. The SMILES string of the molecule is [2H]C([2H])([2H])NC(=O)c1cccc(Cn2ccc3cc(-c4cn[nH]c4C(F)(F)F)ccc3c2=O)c1. The number of nitrogens with zero attached hydrogens (tertiary/aromatic N) is 2. The van der Waals surface area contributed by atoms with E-state index < -0.39 is 24.8 Å². The van der Waals surface area contributed by atoms with Gasteiger partial charge in [-0.1, -0.05) is 18.2 Å². The Kier molecular flexibility index (Phi) is 4.22. The molecule has 2 aromatic heterocycles. The first-order valence-electron chi connectivity index (χ1n) is 10.6. The second kappa shape index (κ2) is 7.75. The first-order chi connectivity index (χ1) is 15.9. The van der Waals surface area contributed by atoms with Crippen LogP contribution >= 0.6 is 0 Å². The van der Waals surface area contributed by atoms with Crippen molar-refractivity contribution in [2.75, 3.05) is 6.98 Å². The monoisotopic (exact) mass is 429 g/mol. The molecular weight excluding hydrogens is 409 g/mol. The molecule has 0 atom stereocenters. The fourth-order valence-electron chi connectivity index (χ4n) is 3.38. The molecule has 0 aliphatic heterocycles. The number of alkyl halides is 3. The molecule has 0 unspecified atom stereocenters. The molecule has 0 bridgehead atoms. The summed E-state index contributed by atoms with van der Waals surface area (Å²) in [5.41, 5.74) is -0.478. The molecule has 4 rings (SSSR count). The summed E-state index contributed by atoms with van der Waals surface area (Å²) < 4.78 is 62.4. The number of benzene rings is 2. The molecule has 2 heterocycles. The Morgan fingerprint density at radius 1 is 1.23 bits per heavy atom. The highest BCUT2D eigenvalue weighted by molar-refractivity contribution is 5.94. The zero-order chi connectivity index (χ0) is 24.7. The van der Waals surface area contributed by atoms with Crippen LogP contribution in [0.25, 0.3) is 21.9 Å². The Hall–Kier alpha value is -3.88. The number of pyridine rings is 1. The fraction of sp³-hybridized carbons (Fsp3) is 0.136. The first kappa shape index (κ1) is 16.9. The van der Waals surface area contributed by atoms with Crippen LogP contribution in [0.1, 0.15) is 25.7 Å². The smallest absolute Gasteiger partial charge is 0.355 e. The number of amides is 1. The zero-order valence-electron chi connectivity index (χ0n) is 18.8. The van der Waals surface area contributed by atoms with E-state index in [2.05, 4.69) is 5.10 Å². The highest BCUT2D eigenvalue weighted by Crippen LogP contribution is 2.35. The summed E-state index contributed by atoms with van der Waals surface area (Å²) in [5.74, 6) is -0.766. The Bertz CT molecular complexity index is 1440. The van der Waals surface area contributed by atoms with Crippen molar-refractivity contribution in [1.82, 2.24) is 20.1 Å². The van der Waals surface area contributed by atoms with Gasteiger partial charge in [-0.2, -0.15) is 18.3 Å². The Morgan fingerprint density at radius 3 is 2.84 bits per heavy atom. The average Bonchev–Trinajstić information content (AvgIpc) is 3.25. The second-order valence-corrected chi connectivity index (χ2v) is 6.86. The number of aromatic nitrogens is 3.